The molecule has 0 rings (SSSR count). The predicted molar refractivity (Wildman–Crippen MR) is 322 cm³/mol. The van der Waals surface area contributed by atoms with Gasteiger partial charge in [0, 0.05) is 19.3 Å². The molecular weight excluding hydrogens is 879 g/mol. The number of aliphatic hydroxyl groups is 1. The summed E-state index contributed by atoms with van der Waals surface area (Å²) in [7, 11) is 0. The monoisotopic (exact) mass is 1010 g/mol. The first kappa shape index (κ1) is 71.1. The third kappa shape index (κ3) is 61.6. The molecule has 72 heavy (non-hydrogen) atoms. The fraction of sp³-hybridized carbons (Fsp3) is 0.971. The van der Waals surface area contributed by atoms with Crippen molar-refractivity contribution < 1.29 is 14.7 Å². The molecule has 0 fully saturated rings. The van der Waals surface area contributed by atoms with Gasteiger partial charge in [-0.2, -0.15) is 0 Å². The van der Waals surface area contributed by atoms with Crippen LogP contribution in [0.5, 0.6) is 0 Å². The van der Waals surface area contributed by atoms with E-state index in [-0.39, 0.29) is 18.6 Å². The van der Waals surface area contributed by atoms with E-state index in [1.165, 1.54) is 340 Å². The molecule has 0 spiro atoms. The van der Waals surface area contributed by atoms with E-state index in [2.05, 4.69) is 19.2 Å². The molecule has 0 aliphatic rings. The minimum Gasteiger partial charge on any atom is -0.394 e. The number of hydrogen-bond donors (Lipinski definition) is 2. The number of Topliss-reactive ketones (excluding diaryl/α,β-unsaturated/α-hetero) is 1. The fourth-order valence-electron chi connectivity index (χ4n) is 11.3. The number of amides is 1. The Balaban J connectivity index is 3.26. The molecule has 0 aromatic heterocycles. The first-order valence-electron chi connectivity index (χ1n) is 34.1. The second-order valence-corrected chi connectivity index (χ2v) is 23.8. The molecule has 0 saturated carbocycles. The lowest BCUT2D eigenvalue weighted by molar-refractivity contribution is -0.122. The highest BCUT2D eigenvalue weighted by Crippen LogP contribution is 2.19. The number of unbranched alkanes of at least 4 members (excludes halogenated alkanes) is 55. The Hall–Kier alpha value is -0.900. The number of hydrogen-bond acceptors (Lipinski definition) is 3. The highest BCUT2D eigenvalue weighted by Gasteiger charge is 2.11. The number of carbonyl (C=O) groups excluding carboxylic acids is 2. The van der Waals surface area contributed by atoms with Crippen LogP contribution in [0.1, 0.15) is 412 Å². The normalized spacial score (nSPS) is 12.0. The number of nitrogens with one attached hydrogen (secondary N) is 1. The second kappa shape index (κ2) is 64.4. The lowest BCUT2D eigenvalue weighted by atomic mass is 10.0. The lowest BCUT2D eigenvalue weighted by Gasteiger charge is -2.16. The Kier molecular flexibility index (Phi) is 63.6. The van der Waals surface area contributed by atoms with Gasteiger partial charge in [0.1, 0.15) is 5.78 Å². The van der Waals surface area contributed by atoms with Gasteiger partial charge in [0.2, 0.25) is 5.91 Å². The molecule has 0 bridgehead atoms. The van der Waals surface area contributed by atoms with E-state index in [0.717, 1.165) is 51.4 Å². The smallest absolute Gasteiger partial charge is 0.220 e. The Morgan fingerprint density at radius 2 is 0.444 bits per heavy atom. The van der Waals surface area contributed by atoms with E-state index < -0.39 is 0 Å². The molecule has 4 nitrogen and oxygen atoms in total. The highest BCUT2D eigenvalue weighted by molar-refractivity contribution is 5.78. The topological polar surface area (TPSA) is 66.4 Å². The molecule has 0 aromatic rings. The molecule has 1 amide bonds. The van der Waals surface area contributed by atoms with Crippen LogP contribution in [0.25, 0.3) is 0 Å². The summed E-state index contributed by atoms with van der Waals surface area (Å²) in [5.41, 5.74) is 0. The minimum atomic E-state index is -0.0588. The largest absolute Gasteiger partial charge is 0.394 e. The van der Waals surface area contributed by atoms with Gasteiger partial charge in [-0.05, 0) is 25.7 Å². The Morgan fingerprint density at radius 3 is 0.653 bits per heavy atom. The third-order valence-corrected chi connectivity index (χ3v) is 16.4. The van der Waals surface area contributed by atoms with Gasteiger partial charge < -0.3 is 10.4 Å². The maximum absolute atomic E-state index is 12.4. The van der Waals surface area contributed by atoms with Crippen molar-refractivity contribution in [3.05, 3.63) is 0 Å². The summed E-state index contributed by atoms with van der Waals surface area (Å²) in [5.74, 6) is 0.661. The molecule has 0 heterocycles. The van der Waals surface area contributed by atoms with Gasteiger partial charge in [0.05, 0.1) is 12.6 Å². The third-order valence-electron chi connectivity index (χ3n) is 16.4. The number of ketones is 1. The summed E-state index contributed by atoms with van der Waals surface area (Å²) in [4.78, 5) is 24.8. The van der Waals surface area contributed by atoms with Gasteiger partial charge in [0.15, 0.2) is 0 Å². The van der Waals surface area contributed by atoms with Crippen LogP contribution in [0.15, 0.2) is 0 Å². The molecule has 0 aliphatic carbocycles. The van der Waals surface area contributed by atoms with Gasteiger partial charge in [0.25, 0.3) is 0 Å². The molecule has 1 unspecified atom stereocenters. The zero-order valence-electron chi connectivity index (χ0n) is 49.9. The van der Waals surface area contributed by atoms with Crippen LogP contribution in [0.4, 0.5) is 0 Å². The predicted octanol–water partition coefficient (Wildman–Crippen LogP) is 23.3. The summed E-state index contributed by atoms with van der Waals surface area (Å²) >= 11 is 0. The average molecular weight is 1010 g/mol. The molecule has 0 radical (unpaired) electrons. The molecule has 0 aliphatic heterocycles. The molecule has 0 aromatic carbocycles. The van der Waals surface area contributed by atoms with Gasteiger partial charge >= 0.3 is 0 Å². The van der Waals surface area contributed by atoms with Crippen LogP contribution in [0, 0.1) is 0 Å². The summed E-state index contributed by atoms with van der Waals surface area (Å²) in [6.07, 6.45) is 82.8. The van der Waals surface area contributed by atoms with Crippen molar-refractivity contribution >= 4 is 11.7 Å². The van der Waals surface area contributed by atoms with Gasteiger partial charge in [-0.3, -0.25) is 9.59 Å². The summed E-state index contributed by atoms with van der Waals surface area (Å²) in [6.45, 7) is 4.66. The van der Waals surface area contributed by atoms with E-state index >= 15 is 0 Å². The van der Waals surface area contributed by atoms with Crippen molar-refractivity contribution in [2.75, 3.05) is 6.61 Å². The van der Waals surface area contributed by atoms with E-state index in [0.29, 0.717) is 12.2 Å². The number of carbonyl (C=O) groups is 2. The summed E-state index contributed by atoms with van der Waals surface area (Å²) in [6, 6.07) is -0.0588. The van der Waals surface area contributed by atoms with E-state index in [9.17, 15) is 14.7 Å². The second-order valence-electron chi connectivity index (χ2n) is 23.8. The average Bonchev–Trinajstić information content (AvgIpc) is 3.38. The molecule has 4 heteroatoms. The van der Waals surface area contributed by atoms with Gasteiger partial charge in [-0.15, -0.1) is 0 Å². The highest BCUT2D eigenvalue weighted by atomic mass is 16.3. The number of rotatable bonds is 65. The maximum atomic E-state index is 12.4. The Morgan fingerprint density at radius 1 is 0.264 bits per heavy atom. The van der Waals surface area contributed by atoms with E-state index in [1.807, 2.05) is 0 Å². The van der Waals surface area contributed by atoms with E-state index in [1.54, 1.807) is 0 Å². The van der Waals surface area contributed by atoms with Crippen molar-refractivity contribution in [1.29, 1.82) is 0 Å². The standard InChI is InChI=1S/C68H135NO3/c1-3-5-7-9-11-13-15-17-19-31-34-38-42-46-50-54-58-62-67(71)63-59-55-51-47-43-39-35-32-29-27-25-23-21-20-22-24-26-28-30-33-36-40-44-48-52-56-60-64-68(72)69-66(65-70)61-57-53-49-45-41-37-18-16-14-12-10-8-6-4-2/h66,70H,3-65H2,1-2H3,(H,69,72). The molecule has 430 valence electrons. The van der Waals surface area contributed by atoms with Crippen molar-refractivity contribution in [1.82, 2.24) is 5.32 Å². The first-order valence-corrected chi connectivity index (χ1v) is 34.1. The van der Waals surface area contributed by atoms with E-state index in [4.69, 9.17) is 0 Å². The Labute approximate surface area is 454 Å². The van der Waals surface area contributed by atoms with Crippen LogP contribution >= 0.6 is 0 Å². The lowest BCUT2D eigenvalue weighted by Crippen LogP contribution is -2.37. The van der Waals surface area contributed by atoms with Crippen LogP contribution in [-0.4, -0.2) is 29.4 Å². The number of aliphatic hydroxyl groups excluding tert-OH is 1. The van der Waals surface area contributed by atoms with Crippen LogP contribution < -0.4 is 5.32 Å². The van der Waals surface area contributed by atoms with Crippen LogP contribution in [0.3, 0.4) is 0 Å². The van der Waals surface area contributed by atoms with Crippen molar-refractivity contribution in [3.63, 3.8) is 0 Å². The quantitative estimate of drug-likeness (QED) is 0.0597. The summed E-state index contributed by atoms with van der Waals surface area (Å²) < 4.78 is 0. The SMILES string of the molecule is CCCCCCCCCCCCCCCCCCCC(=O)CCCCCCCCCCCCCCCCCCCCCCCCCCCCCC(=O)NC(CO)CCCCCCCCCCCCCCCC. The van der Waals surface area contributed by atoms with Crippen molar-refractivity contribution in [2.45, 2.75) is 418 Å². The zero-order valence-corrected chi connectivity index (χ0v) is 49.9. The molecule has 0 saturated heterocycles. The first-order chi connectivity index (χ1) is 35.6. The van der Waals surface area contributed by atoms with Gasteiger partial charge in [-0.1, -0.05) is 367 Å². The van der Waals surface area contributed by atoms with Crippen LogP contribution in [0.2, 0.25) is 0 Å². The Bertz CT molecular complexity index is 1010. The minimum absolute atomic E-state index is 0.0588. The van der Waals surface area contributed by atoms with Crippen LogP contribution in [-0.2, 0) is 9.59 Å². The van der Waals surface area contributed by atoms with Crippen molar-refractivity contribution in [2.24, 2.45) is 0 Å². The fourth-order valence-corrected chi connectivity index (χ4v) is 11.3. The molecule has 2 N–H and O–H groups in total. The van der Waals surface area contributed by atoms with Gasteiger partial charge in [-0.25, -0.2) is 0 Å². The summed E-state index contributed by atoms with van der Waals surface area (Å²) in [5, 5.41) is 12.9. The maximum Gasteiger partial charge on any atom is 0.220 e. The zero-order chi connectivity index (χ0) is 52.0. The van der Waals surface area contributed by atoms with Crippen molar-refractivity contribution in [3.8, 4) is 0 Å². The molecular formula is C68H135NO3. The molecule has 1 atom stereocenters.